The van der Waals surface area contributed by atoms with E-state index in [-0.39, 0.29) is 25.7 Å². The maximum atomic E-state index is 13.1. The minimum Gasteiger partial charge on any atom is -0.462 e. The highest BCUT2D eigenvalue weighted by molar-refractivity contribution is 7.47. The van der Waals surface area contributed by atoms with E-state index in [4.69, 9.17) is 37.0 Å². The van der Waals surface area contributed by atoms with Crippen molar-refractivity contribution in [3.05, 3.63) is 72.9 Å². The highest BCUT2D eigenvalue weighted by atomic mass is 31.2. The lowest BCUT2D eigenvalue weighted by atomic mass is 10.0. The second kappa shape index (κ2) is 77.7. The topological polar surface area (TPSA) is 237 Å². The van der Waals surface area contributed by atoms with Gasteiger partial charge in [0, 0.05) is 25.7 Å². The van der Waals surface area contributed by atoms with Gasteiger partial charge in [-0.25, -0.2) is 9.13 Å². The Bertz CT molecular complexity index is 2250. The number of carbonyl (C=O) groups is 4. The van der Waals surface area contributed by atoms with Crippen LogP contribution in [0.3, 0.4) is 0 Å². The van der Waals surface area contributed by atoms with Crippen LogP contribution in [0.5, 0.6) is 0 Å². The Morgan fingerprint density at radius 2 is 0.500 bits per heavy atom. The van der Waals surface area contributed by atoms with Crippen LogP contribution in [0.25, 0.3) is 0 Å². The molecule has 0 spiro atoms. The minimum absolute atomic E-state index is 0.0599. The molecule has 0 bridgehead atoms. The molecule has 606 valence electrons. The van der Waals surface area contributed by atoms with Crippen LogP contribution in [0.1, 0.15) is 387 Å². The average molecular weight is 1510 g/mol. The average Bonchev–Trinajstić information content (AvgIpc) is 0.943. The number of ether oxygens (including phenoxy) is 4. The van der Waals surface area contributed by atoms with Gasteiger partial charge >= 0.3 is 39.5 Å². The molecule has 0 fully saturated rings. The van der Waals surface area contributed by atoms with Crippen LogP contribution in [0.15, 0.2) is 72.9 Å². The minimum atomic E-state index is -4.98. The third-order valence-electron chi connectivity index (χ3n) is 18.2. The van der Waals surface area contributed by atoms with Gasteiger partial charge in [0.2, 0.25) is 0 Å². The zero-order chi connectivity index (χ0) is 76.0. The Kier molecular flexibility index (Phi) is 75.0. The molecule has 2 unspecified atom stereocenters. The molecule has 3 N–H and O–H groups in total. The van der Waals surface area contributed by atoms with Crippen LogP contribution in [0.2, 0.25) is 0 Å². The van der Waals surface area contributed by atoms with Gasteiger partial charge in [-0.2, -0.15) is 0 Å². The van der Waals surface area contributed by atoms with E-state index in [1.165, 1.54) is 167 Å². The number of rotatable bonds is 80. The summed E-state index contributed by atoms with van der Waals surface area (Å²) < 4.78 is 68.8. The van der Waals surface area contributed by atoms with Crippen molar-refractivity contribution < 1.29 is 80.2 Å². The third kappa shape index (κ3) is 76.7. The number of carbonyl (C=O) groups excluding carboxylic acids is 4. The summed E-state index contributed by atoms with van der Waals surface area (Å²) in [7, 11) is -9.96. The van der Waals surface area contributed by atoms with Crippen molar-refractivity contribution in [2.45, 2.75) is 406 Å². The Labute approximate surface area is 634 Å². The largest absolute Gasteiger partial charge is 0.472 e. The number of phosphoric ester groups is 2. The van der Waals surface area contributed by atoms with Crippen LogP contribution in [0, 0.1) is 0 Å². The third-order valence-corrected chi connectivity index (χ3v) is 20.1. The molecule has 0 aromatic carbocycles. The van der Waals surface area contributed by atoms with Gasteiger partial charge in [-0.1, -0.05) is 338 Å². The fourth-order valence-electron chi connectivity index (χ4n) is 11.8. The molecule has 5 atom stereocenters. The molecular formula is C85H154O17P2. The Morgan fingerprint density at radius 3 is 0.798 bits per heavy atom. The number of phosphoric acid groups is 2. The molecule has 0 aromatic rings. The zero-order valence-electron chi connectivity index (χ0n) is 66.5. The van der Waals surface area contributed by atoms with E-state index >= 15 is 0 Å². The van der Waals surface area contributed by atoms with Crippen molar-refractivity contribution >= 4 is 39.5 Å². The molecule has 0 aliphatic heterocycles. The molecule has 0 aromatic heterocycles. The predicted octanol–water partition coefficient (Wildman–Crippen LogP) is 24.8. The molecule has 0 amide bonds. The maximum absolute atomic E-state index is 13.1. The van der Waals surface area contributed by atoms with Gasteiger partial charge in [-0.05, 0) is 96.3 Å². The normalized spacial score (nSPS) is 14.2. The highest BCUT2D eigenvalue weighted by Crippen LogP contribution is 2.45. The van der Waals surface area contributed by atoms with Gasteiger partial charge in [-0.15, -0.1) is 0 Å². The van der Waals surface area contributed by atoms with Crippen LogP contribution in [-0.4, -0.2) is 96.7 Å². The standard InChI is InChI=1S/C85H154O17P2/c1-5-9-13-17-21-25-29-33-37-38-39-40-44-48-52-56-60-64-68-72-85(90)102-81(76-96-83(88)70-66-62-58-54-50-46-42-35-31-27-23-19-15-11-7-3)78-100-104(93,94)98-74-79(86)73-97-103(91,92)99-77-80(101-84(89)71-67-63-59-55-51-47-43-36-32-28-24-20-16-12-8-4)75-95-82(87)69-65-61-57-53-49-45-41-34-30-26-22-18-14-10-6-2/h9,13,21,25,28,32-33,37,39-40,48,52,79-81,86H,5-8,10-12,14-20,22-24,26-27,29-31,34-36,38,41-47,49-51,53-78H2,1-4H3,(H,91,92)(H,93,94)/b13-9-,25-21-,32-28-,37-33-,40-39-,52-48-/t79-,80+,81+/m0/s1. The van der Waals surface area contributed by atoms with Gasteiger partial charge in [0.1, 0.15) is 19.3 Å². The molecule has 0 aliphatic carbocycles. The second-order valence-corrected chi connectivity index (χ2v) is 31.3. The van der Waals surface area contributed by atoms with Crippen molar-refractivity contribution in [2.24, 2.45) is 0 Å². The number of aliphatic hydroxyl groups is 1. The van der Waals surface area contributed by atoms with Gasteiger partial charge in [0.25, 0.3) is 0 Å². The molecule has 0 radical (unpaired) electrons. The van der Waals surface area contributed by atoms with Crippen LogP contribution in [0.4, 0.5) is 0 Å². The van der Waals surface area contributed by atoms with E-state index in [1.807, 2.05) is 0 Å². The zero-order valence-corrected chi connectivity index (χ0v) is 68.2. The predicted molar refractivity (Wildman–Crippen MR) is 427 cm³/mol. The molecule has 0 saturated carbocycles. The fraction of sp³-hybridized carbons (Fsp3) is 0.812. The van der Waals surface area contributed by atoms with Gasteiger partial charge in [0.05, 0.1) is 26.4 Å². The number of unbranched alkanes of at least 4 members (excludes halogenated alkanes) is 42. The van der Waals surface area contributed by atoms with Crippen molar-refractivity contribution in [3.63, 3.8) is 0 Å². The lowest BCUT2D eigenvalue weighted by molar-refractivity contribution is -0.161. The summed E-state index contributed by atoms with van der Waals surface area (Å²) in [5.74, 6) is -2.18. The van der Waals surface area contributed by atoms with Gasteiger partial charge in [-0.3, -0.25) is 37.3 Å². The van der Waals surface area contributed by atoms with Crippen molar-refractivity contribution in [2.75, 3.05) is 39.6 Å². The molecule has 0 rings (SSSR count). The Balaban J connectivity index is 5.36. The van der Waals surface area contributed by atoms with Gasteiger partial charge < -0.3 is 33.8 Å². The monoisotopic (exact) mass is 1510 g/mol. The summed E-state index contributed by atoms with van der Waals surface area (Å²) in [6, 6.07) is 0. The van der Waals surface area contributed by atoms with Crippen LogP contribution in [-0.2, 0) is 65.4 Å². The number of hydrogen-bond acceptors (Lipinski definition) is 15. The van der Waals surface area contributed by atoms with Crippen molar-refractivity contribution in [1.29, 1.82) is 0 Å². The summed E-state index contributed by atoms with van der Waals surface area (Å²) in [6.45, 7) is 4.80. The number of aliphatic hydroxyl groups excluding tert-OH is 1. The van der Waals surface area contributed by atoms with Crippen molar-refractivity contribution in [3.8, 4) is 0 Å². The first-order valence-electron chi connectivity index (χ1n) is 42.2. The summed E-state index contributed by atoms with van der Waals surface area (Å²) in [5.41, 5.74) is 0. The lowest BCUT2D eigenvalue weighted by Gasteiger charge is -2.21. The summed E-state index contributed by atoms with van der Waals surface area (Å²) in [5, 5.41) is 10.7. The Hall–Kier alpha value is -3.50. The quantitative estimate of drug-likeness (QED) is 0.0169. The van der Waals surface area contributed by atoms with E-state index in [0.717, 1.165) is 141 Å². The first-order chi connectivity index (χ1) is 50.7. The first-order valence-corrected chi connectivity index (χ1v) is 45.2. The van der Waals surface area contributed by atoms with Crippen LogP contribution < -0.4 is 0 Å². The summed E-state index contributed by atoms with van der Waals surface area (Å²) in [4.78, 5) is 73.1. The van der Waals surface area contributed by atoms with E-state index in [0.29, 0.717) is 25.7 Å². The number of hydrogen-bond donors (Lipinski definition) is 3. The van der Waals surface area contributed by atoms with E-state index < -0.39 is 97.5 Å². The van der Waals surface area contributed by atoms with E-state index in [9.17, 15) is 43.2 Å². The highest BCUT2D eigenvalue weighted by Gasteiger charge is 2.30. The molecule has 17 nitrogen and oxygen atoms in total. The smallest absolute Gasteiger partial charge is 0.462 e. The number of esters is 4. The number of allylic oxidation sites excluding steroid dienone is 12. The molecule has 104 heavy (non-hydrogen) atoms. The molecule has 0 aliphatic rings. The van der Waals surface area contributed by atoms with E-state index in [2.05, 4.69) is 101 Å². The van der Waals surface area contributed by atoms with Crippen LogP contribution >= 0.6 is 15.6 Å². The van der Waals surface area contributed by atoms with E-state index in [1.54, 1.807) is 0 Å². The maximum Gasteiger partial charge on any atom is 0.472 e. The second-order valence-electron chi connectivity index (χ2n) is 28.4. The molecule has 0 saturated heterocycles. The SMILES string of the molecule is CC/C=C\C/C=C\C/C=C\C/C=C\C/C=C\CCCCCC(=O)O[C@H](COC(=O)CCCCCCCCCCCCCCCCC)COP(=O)(O)OC[C@@H](O)COP(=O)(O)OC[C@@H](COC(=O)CCCCCCCCCCCCCCCCC)OC(=O)CCCCCCCCC/C=C\CCCCCC. The summed E-state index contributed by atoms with van der Waals surface area (Å²) >= 11 is 0. The molecule has 19 heteroatoms. The summed E-state index contributed by atoms with van der Waals surface area (Å²) in [6.07, 6.45) is 80.0. The van der Waals surface area contributed by atoms with Gasteiger partial charge in [0.15, 0.2) is 12.2 Å². The molecular weight excluding hydrogens is 1350 g/mol. The fourth-order valence-corrected chi connectivity index (χ4v) is 13.4. The Morgan fingerprint density at radius 1 is 0.279 bits per heavy atom. The van der Waals surface area contributed by atoms with Crippen molar-refractivity contribution in [1.82, 2.24) is 0 Å². The lowest BCUT2D eigenvalue weighted by Crippen LogP contribution is -2.30. The first kappa shape index (κ1) is 100. The molecule has 0 heterocycles.